The minimum Gasteiger partial charge on any atom is -0.479 e. The number of carboxylic acid groups (broad SMARTS) is 1. The van der Waals surface area contributed by atoms with Crippen LogP contribution in [0, 0.1) is 0 Å². The third kappa shape index (κ3) is 1.12. The zero-order chi connectivity index (χ0) is 7.78. The molecule has 0 aliphatic heterocycles. The van der Waals surface area contributed by atoms with Gasteiger partial charge >= 0.3 is 5.97 Å². The molecule has 0 bridgehead atoms. The lowest BCUT2D eigenvalue weighted by atomic mass is 10.0. The summed E-state index contributed by atoms with van der Waals surface area (Å²) in [6, 6.07) is -0.152. The monoisotopic (exact) mass is 145 g/mol. The van der Waals surface area contributed by atoms with Gasteiger partial charge in [0.15, 0.2) is 5.60 Å². The Morgan fingerprint density at radius 1 is 1.70 bits per heavy atom. The molecule has 2 atom stereocenters. The fourth-order valence-electron chi connectivity index (χ4n) is 1.26. The van der Waals surface area contributed by atoms with Gasteiger partial charge in [-0.05, 0) is 12.8 Å². The van der Waals surface area contributed by atoms with E-state index in [-0.39, 0.29) is 18.9 Å². The van der Waals surface area contributed by atoms with Crippen molar-refractivity contribution >= 4 is 5.97 Å². The van der Waals surface area contributed by atoms with Gasteiger partial charge in [0.2, 0.25) is 0 Å². The molecule has 4 heteroatoms. The van der Waals surface area contributed by atoms with E-state index in [0.29, 0.717) is 6.42 Å². The van der Waals surface area contributed by atoms with Gasteiger partial charge in [0.25, 0.3) is 0 Å². The molecule has 1 aliphatic rings. The van der Waals surface area contributed by atoms with E-state index in [0.717, 1.165) is 0 Å². The summed E-state index contributed by atoms with van der Waals surface area (Å²) in [6.45, 7) is 0. The van der Waals surface area contributed by atoms with Gasteiger partial charge < -0.3 is 15.9 Å². The van der Waals surface area contributed by atoms with Crippen molar-refractivity contribution in [2.75, 3.05) is 0 Å². The molecule has 0 spiro atoms. The Bertz CT molecular complexity index is 159. The van der Waals surface area contributed by atoms with Crippen LogP contribution in [0.3, 0.4) is 0 Å². The maximum absolute atomic E-state index is 10.4. The molecular formula is C6H11NO3. The minimum absolute atomic E-state index is 0.152. The summed E-state index contributed by atoms with van der Waals surface area (Å²) in [6.07, 6.45) is 1.06. The molecule has 0 radical (unpaired) electrons. The van der Waals surface area contributed by atoms with Crippen LogP contribution in [0.4, 0.5) is 0 Å². The second-order valence-electron chi connectivity index (χ2n) is 2.84. The highest BCUT2D eigenvalue weighted by atomic mass is 16.4. The normalized spacial score (nSPS) is 40.0. The Morgan fingerprint density at radius 2 is 2.30 bits per heavy atom. The van der Waals surface area contributed by atoms with Crippen LogP contribution in [0.1, 0.15) is 19.3 Å². The van der Waals surface area contributed by atoms with E-state index in [4.69, 9.17) is 10.8 Å². The van der Waals surface area contributed by atoms with Crippen LogP contribution in [0.5, 0.6) is 0 Å². The van der Waals surface area contributed by atoms with Gasteiger partial charge in [-0.1, -0.05) is 0 Å². The Hall–Kier alpha value is -0.610. The highest BCUT2D eigenvalue weighted by Crippen LogP contribution is 2.28. The molecule has 58 valence electrons. The third-order valence-corrected chi connectivity index (χ3v) is 1.93. The van der Waals surface area contributed by atoms with Crippen LogP contribution in [0.2, 0.25) is 0 Å². The summed E-state index contributed by atoms with van der Waals surface area (Å²) in [5, 5.41) is 17.7. The molecule has 2 unspecified atom stereocenters. The summed E-state index contributed by atoms with van der Waals surface area (Å²) >= 11 is 0. The molecule has 10 heavy (non-hydrogen) atoms. The molecule has 1 saturated carbocycles. The molecule has 0 amide bonds. The molecule has 4 N–H and O–H groups in total. The lowest BCUT2D eigenvalue weighted by Crippen LogP contribution is -2.36. The number of rotatable bonds is 1. The molecule has 0 aromatic rings. The fraction of sp³-hybridized carbons (Fsp3) is 0.833. The van der Waals surface area contributed by atoms with Gasteiger partial charge in [0.05, 0.1) is 0 Å². The molecule has 1 aliphatic carbocycles. The number of nitrogens with two attached hydrogens (primary N) is 1. The zero-order valence-corrected chi connectivity index (χ0v) is 5.58. The van der Waals surface area contributed by atoms with E-state index in [1.165, 1.54) is 0 Å². The van der Waals surface area contributed by atoms with Crippen LogP contribution >= 0.6 is 0 Å². The molecule has 0 aromatic carbocycles. The van der Waals surface area contributed by atoms with E-state index >= 15 is 0 Å². The summed E-state index contributed by atoms with van der Waals surface area (Å²) in [7, 11) is 0. The van der Waals surface area contributed by atoms with Crippen molar-refractivity contribution in [2.24, 2.45) is 5.73 Å². The average molecular weight is 145 g/mol. The van der Waals surface area contributed by atoms with Gasteiger partial charge in [-0.25, -0.2) is 4.79 Å². The van der Waals surface area contributed by atoms with E-state index in [1.807, 2.05) is 0 Å². The second-order valence-corrected chi connectivity index (χ2v) is 2.84. The lowest BCUT2D eigenvalue weighted by molar-refractivity contribution is -0.157. The topological polar surface area (TPSA) is 83.5 Å². The third-order valence-electron chi connectivity index (χ3n) is 1.93. The lowest BCUT2D eigenvalue weighted by Gasteiger charge is -2.15. The maximum atomic E-state index is 10.4. The van der Waals surface area contributed by atoms with Crippen LogP contribution < -0.4 is 5.73 Å². The predicted octanol–water partition coefficient (Wildman–Crippen LogP) is -0.687. The summed E-state index contributed by atoms with van der Waals surface area (Å²) in [4.78, 5) is 10.4. The number of hydrogen-bond acceptors (Lipinski definition) is 3. The van der Waals surface area contributed by atoms with E-state index < -0.39 is 11.6 Å². The molecule has 4 nitrogen and oxygen atoms in total. The van der Waals surface area contributed by atoms with Crippen LogP contribution in [0.25, 0.3) is 0 Å². The van der Waals surface area contributed by atoms with Crippen molar-refractivity contribution in [3.05, 3.63) is 0 Å². The highest BCUT2D eigenvalue weighted by Gasteiger charge is 2.42. The number of carbonyl (C=O) groups is 1. The van der Waals surface area contributed by atoms with Crippen molar-refractivity contribution in [1.29, 1.82) is 0 Å². The summed E-state index contributed by atoms with van der Waals surface area (Å²) in [5.74, 6) is -1.15. The first kappa shape index (κ1) is 7.50. The Balaban J connectivity index is 2.63. The van der Waals surface area contributed by atoms with E-state index in [2.05, 4.69) is 0 Å². The Kier molecular flexibility index (Phi) is 1.66. The zero-order valence-electron chi connectivity index (χ0n) is 5.58. The van der Waals surface area contributed by atoms with Crippen molar-refractivity contribution in [1.82, 2.24) is 0 Å². The van der Waals surface area contributed by atoms with Crippen LogP contribution in [-0.2, 0) is 4.79 Å². The number of carboxylic acids is 1. The predicted molar refractivity (Wildman–Crippen MR) is 34.4 cm³/mol. The van der Waals surface area contributed by atoms with Gasteiger partial charge in [-0.15, -0.1) is 0 Å². The first-order valence-electron chi connectivity index (χ1n) is 3.26. The van der Waals surface area contributed by atoms with Crippen LogP contribution in [0.15, 0.2) is 0 Å². The standard InChI is InChI=1S/C6H11NO3/c7-4-1-2-6(10,3-4)5(8)9/h4,10H,1-3,7H2,(H,8,9). The highest BCUT2D eigenvalue weighted by molar-refractivity contribution is 5.77. The van der Waals surface area contributed by atoms with Crippen LogP contribution in [-0.4, -0.2) is 27.8 Å². The SMILES string of the molecule is NC1CCC(O)(C(=O)O)C1. The molecular weight excluding hydrogens is 134 g/mol. The Labute approximate surface area is 58.6 Å². The fourth-order valence-corrected chi connectivity index (χ4v) is 1.26. The number of hydrogen-bond donors (Lipinski definition) is 3. The Morgan fingerprint density at radius 3 is 2.50 bits per heavy atom. The molecule has 0 saturated heterocycles. The quantitative estimate of drug-likeness (QED) is 0.456. The van der Waals surface area contributed by atoms with Crippen molar-refractivity contribution in [2.45, 2.75) is 30.9 Å². The largest absolute Gasteiger partial charge is 0.479 e. The second kappa shape index (κ2) is 2.21. The maximum Gasteiger partial charge on any atom is 0.335 e. The molecule has 1 rings (SSSR count). The van der Waals surface area contributed by atoms with Crippen molar-refractivity contribution < 1.29 is 15.0 Å². The first-order valence-corrected chi connectivity index (χ1v) is 3.26. The van der Waals surface area contributed by atoms with Gasteiger partial charge in [-0.3, -0.25) is 0 Å². The van der Waals surface area contributed by atoms with Gasteiger partial charge in [-0.2, -0.15) is 0 Å². The number of aliphatic hydroxyl groups is 1. The molecule has 1 fully saturated rings. The van der Waals surface area contributed by atoms with Gasteiger partial charge in [0, 0.05) is 12.5 Å². The average Bonchev–Trinajstić information content (AvgIpc) is 2.13. The molecule has 0 aromatic heterocycles. The first-order chi connectivity index (χ1) is 4.54. The van der Waals surface area contributed by atoms with E-state index in [1.54, 1.807) is 0 Å². The van der Waals surface area contributed by atoms with E-state index in [9.17, 15) is 9.90 Å². The molecule has 0 heterocycles. The van der Waals surface area contributed by atoms with Crippen molar-refractivity contribution in [3.63, 3.8) is 0 Å². The minimum atomic E-state index is -1.54. The summed E-state index contributed by atoms with van der Waals surface area (Å²) < 4.78 is 0. The smallest absolute Gasteiger partial charge is 0.335 e. The summed E-state index contributed by atoms with van der Waals surface area (Å²) in [5.41, 5.74) is 3.88. The number of aliphatic carboxylic acids is 1. The van der Waals surface area contributed by atoms with Crippen molar-refractivity contribution in [3.8, 4) is 0 Å². The van der Waals surface area contributed by atoms with Gasteiger partial charge in [0.1, 0.15) is 0 Å².